The molecule has 2 aromatic rings. The van der Waals surface area contributed by atoms with E-state index in [-0.39, 0.29) is 21.5 Å². The van der Waals surface area contributed by atoms with E-state index in [0.29, 0.717) is 0 Å². The van der Waals surface area contributed by atoms with E-state index in [1.165, 1.54) is 18.2 Å². The first-order valence-electron chi connectivity index (χ1n) is 4.46. The Kier molecular flexibility index (Phi) is 2.87. The molecule has 0 aliphatic carbocycles. The molecule has 16 heavy (non-hydrogen) atoms. The predicted molar refractivity (Wildman–Crippen MR) is 61.7 cm³/mol. The Labute approximate surface area is 99.2 Å². The second-order valence-electron chi connectivity index (χ2n) is 3.17. The summed E-state index contributed by atoms with van der Waals surface area (Å²) in [4.78, 5) is 3.88. The normalized spacial score (nSPS) is 10.4. The van der Waals surface area contributed by atoms with Crippen molar-refractivity contribution in [3.05, 3.63) is 46.4 Å². The van der Waals surface area contributed by atoms with Gasteiger partial charge in [0.25, 0.3) is 0 Å². The summed E-state index contributed by atoms with van der Waals surface area (Å²) in [5.74, 6) is -1.13. The minimum atomic E-state index is -0.682. The lowest BCUT2D eigenvalue weighted by atomic mass is 10.1. The van der Waals surface area contributed by atoms with E-state index in [0.717, 1.165) is 0 Å². The van der Waals surface area contributed by atoms with Gasteiger partial charge in [0.2, 0.25) is 0 Å². The molecule has 0 unspecified atom stereocenters. The summed E-state index contributed by atoms with van der Waals surface area (Å²) in [5.41, 5.74) is 5.46. The van der Waals surface area contributed by atoms with E-state index in [1.54, 1.807) is 12.1 Å². The van der Waals surface area contributed by atoms with E-state index >= 15 is 0 Å². The SMILES string of the molecule is Nc1cccc(-c2c(F)ccc(Br)c2F)n1. The summed E-state index contributed by atoms with van der Waals surface area (Å²) in [6.07, 6.45) is 0. The van der Waals surface area contributed by atoms with Crippen molar-refractivity contribution in [3.8, 4) is 11.3 Å². The molecule has 0 saturated carbocycles. The molecule has 0 bridgehead atoms. The van der Waals surface area contributed by atoms with Crippen LogP contribution in [0.2, 0.25) is 0 Å². The Hall–Kier alpha value is -1.49. The Morgan fingerprint density at radius 3 is 2.56 bits per heavy atom. The molecule has 2 nitrogen and oxygen atoms in total. The second-order valence-corrected chi connectivity index (χ2v) is 4.02. The van der Waals surface area contributed by atoms with E-state index in [1.807, 2.05) is 0 Å². The van der Waals surface area contributed by atoms with Crippen LogP contribution < -0.4 is 5.73 Å². The first-order valence-corrected chi connectivity index (χ1v) is 5.25. The molecule has 0 aliphatic rings. The summed E-state index contributed by atoms with van der Waals surface area (Å²) >= 11 is 3.00. The number of nitrogen functional groups attached to an aromatic ring is 1. The average molecular weight is 285 g/mol. The maximum Gasteiger partial charge on any atom is 0.149 e. The maximum absolute atomic E-state index is 13.7. The molecular weight excluding hydrogens is 278 g/mol. The quantitative estimate of drug-likeness (QED) is 0.816. The van der Waals surface area contributed by atoms with Gasteiger partial charge in [0, 0.05) is 0 Å². The number of aromatic nitrogens is 1. The number of hydrogen-bond acceptors (Lipinski definition) is 2. The van der Waals surface area contributed by atoms with Crippen LogP contribution in [0.25, 0.3) is 11.3 Å². The summed E-state index contributed by atoms with van der Waals surface area (Å²) in [6.45, 7) is 0. The van der Waals surface area contributed by atoms with Gasteiger partial charge in [-0.25, -0.2) is 13.8 Å². The number of halogens is 3. The topological polar surface area (TPSA) is 38.9 Å². The maximum atomic E-state index is 13.7. The highest BCUT2D eigenvalue weighted by Crippen LogP contribution is 2.29. The number of benzene rings is 1. The molecule has 0 fully saturated rings. The van der Waals surface area contributed by atoms with Gasteiger partial charge in [-0.2, -0.15) is 0 Å². The van der Waals surface area contributed by atoms with Crippen molar-refractivity contribution in [2.75, 3.05) is 5.73 Å². The van der Waals surface area contributed by atoms with Crippen molar-refractivity contribution in [2.45, 2.75) is 0 Å². The third-order valence-electron chi connectivity index (χ3n) is 2.07. The Balaban J connectivity index is 2.68. The largest absolute Gasteiger partial charge is 0.384 e. The fourth-order valence-corrected chi connectivity index (χ4v) is 1.68. The summed E-state index contributed by atoms with van der Waals surface area (Å²) in [5, 5.41) is 0. The van der Waals surface area contributed by atoms with Crippen molar-refractivity contribution in [2.24, 2.45) is 0 Å². The third-order valence-corrected chi connectivity index (χ3v) is 2.68. The molecule has 2 N–H and O–H groups in total. The van der Waals surface area contributed by atoms with Crippen LogP contribution >= 0.6 is 15.9 Å². The highest BCUT2D eigenvalue weighted by molar-refractivity contribution is 9.10. The molecule has 5 heteroatoms. The molecule has 0 amide bonds. The fourth-order valence-electron chi connectivity index (χ4n) is 1.35. The molecule has 0 aliphatic heterocycles. The van der Waals surface area contributed by atoms with Crippen LogP contribution in [-0.4, -0.2) is 4.98 Å². The first-order chi connectivity index (χ1) is 7.59. The first kappa shape index (κ1) is 11.0. The van der Waals surface area contributed by atoms with Gasteiger partial charge in [-0.15, -0.1) is 0 Å². The van der Waals surface area contributed by atoms with Gasteiger partial charge >= 0.3 is 0 Å². The van der Waals surface area contributed by atoms with Crippen LogP contribution in [0.1, 0.15) is 0 Å². The molecule has 0 radical (unpaired) electrons. The summed E-state index contributed by atoms with van der Waals surface area (Å²) in [7, 11) is 0. The lowest BCUT2D eigenvalue weighted by Crippen LogP contribution is -1.96. The van der Waals surface area contributed by atoms with Gasteiger partial charge in [0.15, 0.2) is 0 Å². The van der Waals surface area contributed by atoms with Crippen LogP contribution in [0.5, 0.6) is 0 Å². The van der Waals surface area contributed by atoms with Crippen molar-refractivity contribution < 1.29 is 8.78 Å². The predicted octanol–water partition coefficient (Wildman–Crippen LogP) is 3.37. The lowest BCUT2D eigenvalue weighted by Gasteiger charge is -2.06. The molecule has 1 aromatic heterocycles. The molecule has 82 valence electrons. The van der Waals surface area contributed by atoms with Gasteiger partial charge in [-0.1, -0.05) is 6.07 Å². The lowest BCUT2D eigenvalue weighted by molar-refractivity contribution is 0.584. The number of rotatable bonds is 1. The van der Waals surface area contributed by atoms with E-state index < -0.39 is 11.6 Å². The minimum absolute atomic E-state index is 0.177. The molecular formula is C11H7BrF2N2. The number of anilines is 1. The van der Waals surface area contributed by atoms with E-state index in [4.69, 9.17) is 5.73 Å². The van der Waals surface area contributed by atoms with Crippen molar-refractivity contribution >= 4 is 21.7 Å². The number of pyridine rings is 1. The number of nitrogens with zero attached hydrogens (tertiary/aromatic N) is 1. The molecule has 1 aromatic carbocycles. The molecule has 0 spiro atoms. The minimum Gasteiger partial charge on any atom is -0.384 e. The highest BCUT2D eigenvalue weighted by atomic mass is 79.9. The third kappa shape index (κ3) is 1.90. The van der Waals surface area contributed by atoms with E-state index in [9.17, 15) is 8.78 Å². The monoisotopic (exact) mass is 284 g/mol. The molecule has 2 rings (SSSR count). The Morgan fingerprint density at radius 2 is 1.88 bits per heavy atom. The van der Waals surface area contributed by atoms with Crippen LogP contribution in [0.3, 0.4) is 0 Å². The second kappa shape index (κ2) is 4.17. The smallest absolute Gasteiger partial charge is 0.149 e. The van der Waals surface area contributed by atoms with Gasteiger partial charge in [-0.05, 0) is 40.2 Å². The summed E-state index contributed by atoms with van der Waals surface area (Å²) < 4.78 is 27.4. The van der Waals surface area contributed by atoms with Crippen molar-refractivity contribution in [1.29, 1.82) is 0 Å². The van der Waals surface area contributed by atoms with Crippen LogP contribution in [-0.2, 0) is 0 Å². The molecule has 0 atom stereocenters. The molecule has 0 saturated heterocycles. The van der Waals surface area contributed by atoms with Gasteiger partial charge in [-0.3, -0.25) is 0 Å². The molecule has 1 heterocycles. The average Bonchev–Trinajstić information content (AvgIpc) is 2.24. The van der Waals surface area contributed by atoms with Gasteiger partial charge in [0.1, 0.15) is 17.5 Å². The zero-order chi connectivity index (χ0) is 11.7. The van der Waals surface area contributed by atoms with Crippen molar-refractivity contribution in [3.63, 3.8) is 0 Å². The Morgan fingerprint density at radius 1 is 1.12 bits per heavy atom. The van der Waals surface area contributed by atoms with Crippen LogP contribution in [0.15, 0.2) is 34.8 Å². The zero-order valence-electron chi connectivity index (χ0n) is 8.05. The van der Waals surface area contributed by atoms with Crippen LogP contribution in [0.4, 0.5) is 14.6 Å². The standard InChI is InChI=1S/C11H7BrF2N2/c12-6-4-5-7(13)10(11(6)14)8-2-1-3-9(15)16-8/h1-5H,(H2,15,16). The number of hydrogen-bond donors (Lipinski definition) is 1. The zero-order valence-corrected chi connectivity index (χ0v) is 9.63. The van der Waals surface area contributed by atoms with Gasteiger partial charge in [0.05, 0.1) is 15.7 Å². The Bertz CT molecular complexity index is 544. The van der Waals surface area contributed by atoms with E-state index in [2.05, 4.69) is 20.9 Å². The summed E-state index contributed by atoms with van der Waals surface area (Å²) in [6, 6.07) is 7.13. The number of nitrogens with two attached hydrogens (primary N) is 1. The van der Waals surface area contributed by atoms with Crippen molar-refractivity contribution in [1.82, 2.24) is 4.98 Å². The van der Waals surface area contributed by atoms with Crippen LogP contribution in [0, 0.1) is 11.6 Å². The highest BCUT2D eigenvalue weighted by Gasteiger charge is 2.15. The van der Waals surface area contributed by atoms with Gasteiger partial charge < -0.3 is 5.73 Å². The fraction of sp³-hybridized carbons (Fsp3) is 0.